The zero-order valence-electron chi connectivity index (χ0n) is 13.7. The molecule has 21 heavy (non-hydrogen) atoms. The molecule has 3 nitrogen and oxygen atoms in total. The fraction of sp³-hybridized carbons (Fsp3) is 0.778. The van der Waals surface area contributed by atoms with E-state index in [0.29, 0.717) is 11.5 Å². The number of piperidine rings is 3. The molecule has 5 rings (SSSR count). The maximum atomic E-state index is 6.49. The molecule has 2 N–H and O–H groups in total. The summed E-state index contributed by atoms with van der Waals surface area (Å²) >= 11 is 0. The molecule has 1 aliphatic carbocycles. The molecule has 0 spiro atoms. The molecular formula is C18H29N3. The van der Waals surface area contributed by atoms with Gasteiger partial charge in [0.2, 0.25) is 0 Å². The number of rotatable bonds is 1. The number of fused-ring (bicyclic) bond motifs is 4. The Morgan fingerprint density at radius 1 is 1.24 bits per heavy atom. The van der Waals surface area contributed by atoms with Crippen molar-refractivity contribution < 1.29 is 0 Å². The van der Waals surface area contributed by atoms with E-state index in [4.69, 9.17) is 5.73 Å². The second-order valence-corrected chi connectivity index (χ2v) is 8.41. The summed E-state index contributed by atoms with van der Waals surface area (Å²) in [5, 5.41) is 0. The van der Waals surface area contributed by atoms with Crippen LogP contribution < -0.4 is 5.73 Å². The molecule has 1 aromatic heterocycles. The SMILES string of the molecule is Cc1cc2c(n1C1CN3CCC1CC3)CC(C)(C)CC2N. The Labute approximate surface area is 128 Å². The van der Waals surface area contributed by atoms with Crippen LogP contribution in [0.4, 0.5) is 0 Å². The highest BCUT2D eigenvalue weighted by Gasteiger charge is 2.39. The van der Waals surface area contributed by atoms with E-state index in [-0.39, 0.29) is 6.04 Å². The first-order valence-electron chi connectivity index (χ1n) is 8.63. The molecule has 3 saturated heterocycles. The minimum absolute atomic E-state index is 0.227. The highest BCUT2D eigenvalue weighted by Crippen LogP contribution is 2.44. The fourth-order valence-corrected chi connectivity index (χ4v) is 5.16. The van der Waals surface area contributed by atoms with Gasteiger partial charge in [-0.2, -0.15) is 0 Å². The second-order valence-electron chi connectivity index (χ2n) is 8.41. The van der Waals surface area contributed by atoms with Crippen LogP contribution in [-0.2, 0) is 6.42 Å². The zero-order chi connectivity index (χ0) is 14.8. The standard InChI is InChI=1S/C18H29N3/c1-12-8-14-15(19)9-18(2,3)10-16(14)21(12)17-11-20-6-4-13(17)5-7-20/h8,13,15,17H,4-7,9-11,19H2,1-3H3. The molecule has 2 bridgehead atoms. The van der Waals surface area contributed by atoms with Gasteiger partial charge >= 0.3 is 0 Å². The van der Waals surface area contributed by atoms with Crippen molar-refractivity contribution in [1.29, 1.82) is 0 Å². The first-order valence-corrected chi connectivity index (χ1v) is 8.63. The average molecular weight is 287 g/mol. The number of nitrogens with two attached hydrogens (primary N) is 1. The van der Waals surface area contributed by atoms with Crippen LogP contribution in [0.15, 0.2) is 6.07 Å². The first kappa shape index (κ1) is 13.8. The number of aromatic nitrogens is 1. The minimum atomic E-state index is 0.227. The van der Waals surface area contributed by atoms with Gasteiger partial charge in [0.25, 0.3) is 0 Å². The minimum Gasteiger partial charge on any atom is -0.344 e. The first-order chi connectivity index (χ1) is 9.94. The van der Waals surface area contributed by atoms with Crippen LogP contribution in [0.1, 0.15) is 62.1 Å². The van der Waals surface area contributed by atoms with Crippen molar-refractivity contribution in [2.45, 2.75) is 58.5 Å². The van der Waals surface area contributed by atoms with Crippen molar-refractivity contribution in [3.63, 3.8) is 0 Å². The average Bonchev–Trinajstić information content (AvgIpc) is 2.75. The molecule has 116 valence electrons. The Kier molecular flexibility index (Phi) is 3.03. The highest BCUT2D eigenvalue weighted by molar-refractivity contribution is 5.35. The van der Waals surface area contributed by atoms with Gasteiger partial charge in [-0.3, -0.25) is 0 Å². The molecule has 4 aliphatic rings. The van der Waals surface area contributed by atoms with Crippen molar-refractivity contribution in [2.24, 2.45) is 17.1 Å². The lowest BCUT2D eigenvalue weighted by molar-refractivity contribution is 0.0539. The third-order valence-corrected chi connectivity index (χ3v) is 6.14. The molecule has 3 fully saturated rings. The summed E-state index contributed by atoms with van der Waals surface area (Å²) in [5.74, 6) is 0.881. The number of aryl methyl sites for hydroxylation is 1. The van der Waals surface area contributed by atoms with Gasteiger partial charge in [-0.05, 0) is 68.7 Å². The Morgan fingerprint density at radius 2 is 1.95 bits per heavy atom. The molecule has 0 radical (unpaired) electrons. The molecule has 3 heteroatoms. The van der Waals surface area contributed by atoms with E-state index in [1.54, 1.807) is 5.69 Å². The van der Waals surface area contributed by atoms with Gasteiger partial charge < -0.3 is 15.2 Å². The maximum Gasteiger partial charge on any atom is 0.0492 e. The summed E-state index contributed by atoms with van der Waals surface area (Å²) in [7, 11) is 0. The van der Waals surface area contributed by atoms with Gasteiger partial charge in [0, 0.05) is 30.0 Å². The zero-order valence-corrected chi connectivity index (χ0v) is 13.7. The van der Waals surface area contributed by atoms with Gasteiger partial charge in [0.15, 0.2) is 0 Å². The van der Waals surface area contributed by atoms with Crippen LogP contribution in [0.2, 0.25) is 0 Å². The molecule has 0 saturated carbocycles. The summed E-state index contributed by atoms with van der Waals surface area (Å²) in [5.41, 5.74) is 11.2. The van der Waals surface area contributed by atoms with Crippen LogP contribution in [0.3, 0.4) is 0 Å². The summed E-state index contributed by atoms with van der Waals surface area (Å²) < 4.78 is 2.69. The Hall–Kier alpha value is -0.800. The Bertz CT molecular complexity index is 549. The third-order valence-electron chi connectivity index (χ3n) is 6.14. The van der Waals surface area contributed by atoms with E-state index < -0.39 is 0 Å². The van der Waals surface area contributed by atoms with Crippen LogP contribution >= 0.6 is 0 Å². The summed E-state index contributed by atoms with van der Waals surface area (Å²) in [4.78, 5) is 2.66. The van der Waals surface area contributed by atoms with E-state index >= 15 is 0 Å². The van der Waals surface area contributed by atoms with Gasteiger partial charge in [-0.25, -0.2) is 0 Å². The molecule has 0 amide bonds. The van der Waals surface area contributed by atoms with Crippen molar-refractivity contribution in [2.75, 3.05) is 19.6 Å². The molecule has 1 aromatic rings. The molecule has 4 heterocycles. The van der Waals surface area contributed by atoms with E-state index in [9.17, 15) is 0 Å². The summed E-state index contributed by atoms with van der Waals surface area (Å²) in [6.45, 7) is 10.9. The molecule has 0 aromatic carbocycles. The van der Waals surface area contributed by atoms with Gasteiger partial charge in [0.05, 0.1) is 0 Å². The van der Waals surface area contributed by atoms with Gasteiger partial charge in [-0.15, -0.1) is 0 Å². The van der Waals surface area contributed by atoms with Crippen LogP contribution in [0.25, 0.3) is 0 Å². The smallest absolute Gasteiger partial charge is 0.0492 e. The Balaban J connectivity index is 1.76. The summed E-state index contributed by atoms with van der Waals surface area (Å²) in [6, 6.07) is 3.30. The molecular weight excluding hydrogens is 258 g/mol. The number of hydrogen-bond acceptors (Lipinski definition) is 2. The van der Waals surface area contributed by atoms with Crippen molar-refractivity contribution >= 4 is 0 Å². The lowest BCUT2D eigenvalue weighted by atomic mass is 9.74. The molecule has 2 atom stereocenters. The van der Waals surface area contributed by atoms with Gasteiger partial charge in [-0.1, -0.05) is 13.8 Å². The van der Waals surface area contributed by atoms with E-state index in [0.717, 1.165) is 12.3 Å². The van der Waals surface area contributed by atoms with Crippen molar-refractivity contribution in [1.82, 2.24) is 9.47 Å². The lowest BCUT2D eigenvalue weighted by Crippen LogP contribution is -2.48. The van der Waals surface area contributed by atoms with Gasteiger partial charge in [0.1, 0.15) is 0 Å². The fourth-order valence-electron chi connectivity index (χ4n) is 5.16. The van der Waals surface area contributed by atoms with E-state index in [1.165, 1.54) is 50.2 Å². The van der Waals surface area contributed by atoms with E-state index in [1.807, 2.05) is 0 Å². The summed E-state index contributed by atoms with van der Waals surface area (Å²) in [6.07, 6.45) is 5.07. The van der Waals surface area contributed by atoms with Crippen molar-refractivity contribution in [3.05, 3.63) is 23.0 Å². The van der Waals surface area contributed by atoms with Crippen LogP contribution in [0.5, 0.6) is 0 Å². The number of hydrogen-bond donors (Lipinski definition) is 1. The monoisotopic (exact) mass is 287 g/mol. The third kappa shape index (κ3) is 2.17. The topological polar surface area (TPSA) is 34.2 Å². The maximum absolute atomic E-state index is 6.49. The predicted molar refractivity (Wildman–Crippen MR) is 86.4 cm³/mol. The Morgan fingerprint density at radius 3 is 2.57 bits per heavy atom. The van der Waals surface area contributed by atoms with Crippen molar-refractivity contribution in [3.8, 4) is 0 Å². The highest BCUT2D eigenvalue weighted by atomic mass is 15.2. The molecule has 3 aliphatic heterocycles. The van der Waals surface area contributed by atoms with E-state index in [2.05, 4.69) is 36.3 Å². The molecule has 2 unspecified atom stereocenters. The second kappa shape index (κ2) is 4.60. The normalized spacial score (nSPS) is 37.5. The van der Waals surface area contributed by atoms with Crippen LogP contribution in [-0.4, -0.2) is 29.1 Å². The lowest BCUT2D eigenvalue weighted by Gasteiger charge is -2.47. The number of nitrogens with zero attached hydrogens (tertiary/aromatic N) is 2. The predicted octanol–water partition coefficient (Wildman–Crippen LogP) is 3.04. The largest absolute Gasteiger partial charge is 0.344 e. The van der Waals surface area contributed by atoms with Crippen LogP contribution in [0, 0.1) is 18.3 Å². The quantitative estimate of drug-likeness (QED) is 0.861.